The van der Waals surface area contributed by atoms with Gasteiger partial charge in [-0.3, -0.25) is 0 Å². The standard InChI is InChI=1S/C14H13Cl2N3O/c15-5-12-17-14(18-20-12)13-10-6-19(7-11(10)13)9-3-1-8(16)2-4-9/h1-4,10-11,13H,5-7H2. The van der Waals surface area contributed by atoms with Crippen LogP contribution in [0.25, 0.3) is 0 Å². The average molecular weight is 310 g/mol. The number of nitrogens with zero attached hydrogens (tertiary/aromatic N) is 3. The second kappa shape index (κ2) is 4.64. The normalized spacial score (nSPS) is 27.7. The zero-order chi connectivity index (χ0) is 13.7. The maximum Gasteiger partial charge on any atom is 0.241 e. The summed E-state index contributed by atoms with van der Waals surface area (Å²) in [5.74, 6) is 3.33. The monoisotopic (exact) mass is 309 g/mol. The molecule has 6 heteroatoms. The number of piperidine rings is 1. The van der Waals surface area contributed by atoms with E-state index in [-0.39, 0.29) is 5.88 Å². The predicted octanol–water partition coefficient (Wildman–Crippen LogP) is 3.31. The Kier molecular flexibility index (Phi) is 2.89. The first-order chi connectivity index (χ1) is 9.76. The summed E-state index contributed by atoms with van der Waals surface area (Å²) in [6, 6.07) is 8.01. The van der Waals surface area contributed by atoms with E-state index < -0.39 is 0 Å². The van der Waals surface area contributed by atoms with E-state index in [4.69, 9.17) is 27.7 Å². The van der Waals surface area contributed by atoms with E-state index >= 15 is 0 Å². The molecule has 1 aromatic carbocycles. The minimum absolute atomic E-state index is 0.284. The van der Waals surface area contributed by atoms with E-state index in [1.54, 1.807) is 0 Å². The Morgan fingerprint density at radius 3 is 2.50 bits per heavy atom. The summed E-state index contributed by atoms with van der Waals surface area (Å²) >= 11 is 11.6. The smallest absolute Gasteiger partial charge is 0.241 e. The number of halogens is 2. The van der Waals surface area contributed by atoms with Gasteiger partial charge in [0, 0.05) is 29.7 Å². The molecule has 0 amide bonds. The number of rotatable bonds is 3. The third-order valence-corrected chi connectivity index (χ3v) is 4.76. The van der Waals surface area contributed by atoms with Crippen LogP contribution in [0, 0.1) is 11.8 Å². The van der Waals surface area contributed by atoms with Crippen LogP contribution in [0.1, 0.15) is 17.6 Å². The molecule has 4 nitrogen and oxygen atoms in total. The molecule has 1 aromatic heterocycles. The molecule has 104 valence electrons. The van der Waals surface area contributed by atoms with Crippen LogP contribution in [0.5, 0.6) is 0 Å². The van der Waals surface area contributed by atoms with Crippen molar-refractivity contribution in [2.75, 3.05) is 18.0 Å². The fourth-order valence-corrected chi connectivity index (χ4v) is 3.46. The molecule has 2 unspecified atom stereocenters. The highest BCUT2D eigenvalue weighted by Crippen LogP contribution is 2.57. The molecule has 1 saturated heterocycles. The molecular formula is C14H13Cl2N3O. The lowest BCUT2D eigenvalue weighted by molar-refractivity contribution is 0.383. The maximum atomic E-state index is 5.92. The molecule has 0 spiro atoms. The van der Waals surface area contributed by atoms with Gasteiger partial charge in [-0.25, -0.2) is 0 Å². The number of hydrogen-bond donors (Lipinski definition) is 0. The lowest BCUT2D eigenvalue weighted by Gasteiger charge is -2.21. The molecular weight excluding hydrogens is 297 g/mol. The molecule has 2 heterocycles. The summed E-state index contributed by atoms with van der Waals surface area (Å²) in [7, 11) is 0. The van der Waals surface area contributed by atoms with E-state index in [0.29, 0.717) is 23.6 Å². The van der Waals surface area contributed by atoms with Gasteiger partial charge in [-0.15, -0.1) is 11.6 Å². The Balaban J connectivity index is 1.44. The second-order valence-electron chi connectivity index (χ2n) is 5.41. The number of fused-ring (bicyclic) bond motifs is 1. The zero-order valence-electron chi connectivity index (χ0n) is 10.7. The Hall–Kier alpha value is -1.26. The van der Waals surface area contributed by atoms with Crippen molar-refractivity contribution in [3.8, 4) is 0 Å². The maximum absolute atomic E-state index is 5.92. The van der Waals surface area contributed by atoms with Gasteiger partial charge in [0.2, 0.25) is 5.89 Å². The summed E-state index contributed by atoms with van der Waals surface area (Å²) in [5.41, 5.74) is 1.23. The van der Waals surface area contributed by atoms with Crippen LogP contribution in [0.3, 0.4) is 0 Å². The molecule has 0 bridgehead atoms. The third kappa shape index (κ3) is 1.98. The quantitative estimate of drug-likeness (QED) is 0.816. The average Bonchev–Trinajstić information content (AvgIpc) is 2.88. The Bertz CT molecular complexity index is 616. The van der Waals surface area contributed by atoms with Crippen molar-refractivity contribution in [1.29, 1.82) is 0 Å². The number of aromatic nitrogens is 2. The summed E-state index contributed by atoms with van der Waals surface area (Å²) in [5, 5.41) is 4.81. The van der Waals surface area contributed by atoms with Crippen LogP contribution in [-0.4, -0.2) is 23.2 Å². The predicted molar refractivity (Wildman–Crippen MR) is 77.2 cm³/mol. The zero-order valence-corrected chi connectivity index (χ0v) is 12.2. The molecule has 1 aliphatic heterocycles. The number of hydrogen-bond acceptors (Lipinski definition) is 4. The first kappa shape index (κ1) is 12.5. The SMILES string of the molecule is ClCc1nc(C2C3CN(c4ccc(Cl)cc4)CC32)no1. The van der Waals surface area contributed by atoms with Crippen LogP contribution in [0.15, 0.2) is 28.8 Å². The minimum atomic E-state index is 0.284. The van der Waals surface area contributed by atoms with Crippen molar-refractivity contribution < 1.29 is 4.52 Å². The highest BCUT2D eigenvalue weighted by atomic mass is 35.5. The highest BCUT2D eigenvalue weighted by Gasteiger charge is 2.58. The lowest BCUT2D eigenvalue weighted by Crippen LogP contribution is -2.23. The van der Waals surface area contributed by atoms with Crippen LogP contribution < -0.4 is 4.90 Å². The van der Waals surface area contributed by atoms with E-state index in [1.165, 1.54) is 5.69 Å². The van der Waals surface area contributed by atoms with Crippen molar-refractivity contribution in [2.24, 2.45) is 11.8 Å². The van der Waals surface area contributed by atoms with Crippen LogP contribution >= 0.6 is 23.2 Å². The molecule has 0 radical (unpaired) electrons. The molecule has 20 heavy (non-hydrogen) atoms. The van der Waals surface area contributed by atoms with Gasteiger partial charge in [-0.1, -0.05) is 16.8 Å². The van der Waals surface area contributed by atoms with Crippen molar-refractivity contribution in [2.45, 2.75) is 11.8 Å². The number of alkyl halides is 1. The molecule has 4 rings (SSSR count). The van der Waals surface area contributed by atoms with Gasteiger partial charge in [0.05, 0.1) is 0 Å². The lowest BCUT2D eigenvalue weighted by atomic mass is 10.2. The summed E-state index contributed by atoms with van der Waals surface area (Å²) in [6.07, 6.45) is 0. The van der Waals surface area contributed by atoms with Crippen molar-refractivity contribution >= 4 is 28.9 Å². The molecule has 1 saturated carbocycles. The minimum Gasteiger partial charge on any atom is -0.371 e. The van der Waals surface area contributed by atoms with Crippen LogP contribution in [0.2, 0.25) is 5.02 Å². The van der Waals surface area contributed by atoms with Crippen LogP contribution in [-0.2, 0) is 5.88 Å². The van der Waals surface area contributed by atoms with Crippen LogP contribution in [0.4, 0.5) is 5.69 Å². The molecule has 2 aromatic rings. The van der Waals surface area contributed by atoms with Gasteiger partial charge in [0.1, 0.15) is 5.88 Å². The van der Waals surface area contributed by atoms with Gasteiger partial charge in [-0.2, -0.15) is 4.98 Å². The van der Waals surface area contributed by atoms with Gasteiger partial charge < -0.3 is 9.42 Å². The topological polar surface area (TPSA) is 42.2 Å². The van der Waals surface area contributed by atoms with Crippen molar-refractivity contribution in [3.05, 3.63) is 41.0 Å². The Morgan fingerprint density at radius 1 is 1.20 bits per heavy atom. The van der Waals surface area contributed by atoms with Gasteiger partial charge in [0.15, 0.2) is 5.82 Å². The fraction of sp³-hybridized carbons (Fsp3) is 0.429. The Morgan fingerprint density at radius 2 is 1.90 bits per heavy atom. The summed E-state index contributed by atoms with van der Waals surface area (Å²) < 4.78 is 5.08. The molecule has 0 N–H and O–H groups in total. The van der Waals surface area contributed by atoms with E-state index in [0.717, 1.165) is 23.9 Å². The highest BCUT2D eigenvalue weighted by molar-refractivity contribution is 6.30. The first-order valence-corrected chi connectivity index (χ1v) is 7.56. The molecule has 2 atom stereocenters. The first-order valence-electron chi connectivity index (χ1n) is 6.65. The second-order valence-corrected chi connectivity index (χ2v) is 6.12. The van der Waals surface area contributed by atoms with Crippen molar-refractivity contribution in [3.63, 3.8) is 0 Å². The van der Waals surface area contributed by atoms with Gasteiger partial charge in [0.25, 0.3) is 0 Å². The number of anilines is 1. The van der Waals surface area contributed by atoms with E-state index in [2.05, 4.69) is 27.2 Å². The molecule has 1 aliphatic carbocycles. The van der Waals surface area contributed by atoms with Gasteiger partial charge in [-0.05, 0) is 36.1 Å². The third-order valence-electron chi connectivity index (χ3n) is 4.28. The number of benzene rings is 1. The summed E-state index contributed by atoms with van der Waals surface area (Å²) in [6.45, 7) is 2.09. The molecule has 2 fully saturated rings. The van der Waals surface area contributed by atoms with E-state index in [1.807, 2.05) is 12.1 Å². The fourth-order valence-electron chi connectivity index (χ4n) is 3.23. The summed E-state index contributed by atoms with van der Waals surface area (Å²) in [4.78, 5) is 6.73. The van der Waals surface area contributed by atoms with Gasteiger partial charge >= 0.3 is 0 Å². The van der Waals surface area contributed by atoms with Crippen molar-refractivity contribution in [1.82, 2.24) is 10.1 Å². The van der Waals surface area contributed by atoms with E-state index in [9.17, 15) is 0 Å². The Labute approximate surface area is 126 Å². The largest absolute Gasteiger partial charge is 0.371 e. The molecule has 2 aliphatic rings.